The van der Waals surface area contributed by atoms with Crippen molar-refractivity contribution in [3.8, 4) is 0 Å². The van der Waals surface area contributed by atoms with E-state index < -0.39 is 19.9 Å². The quantitative estimate of drug-likeness (QED) is 0.701. The van der Waals surface area contributed by atoms with Crippen molar-refractivity contribution in [1.29, 1.82) is 0 Å². The molecular weight excluding hydrogens is 420 g/mol. The van der Waals surface area contributed by atoms with E-state index in [9.17, 15) is 16.8 Å². The van der Waals surface area contributed by atoms with Gasteiger partial charge in [0.05, 0.1) is 9.79 Å². The Balaban J connectivity index is 1.86. The zero-order valence-corrected chi connectivity index (χ0v) is 19.3. The summed E-state index contributed by atoms with van der Waals surface area (Å²) in [5, 5.41) is 0. The van der Waals surface area contributed by atoms with Crippen molar-refractivity contribution in [2.75, 3.05) is 25.9 Å². The molecule has 1 atom stereocenters. The number of hydrogen-bond donors (Lipinski definition) is 1. The van der Waals surface area contributed by atoms with Crippen LogP contribution in [0.2, 0.25) is 0 Å². The summed E-state index contributed by atoms with van der Waals surface area (Å²) in [6, 6.07) is 14.0. The Labute approximate surface area is 180 Å². The van der Waals surface area contributed by atoms with Crippen molar-refractivity contribution in [2.24, 2.45) is 5.92 Å². The molecule has 0 bridgehead atoms. The third kappa shape index (κ3) is 5.49. The number of sulfonamides is 1. The van der Waals surface area contributed by atoms with Crippen molar-refractivity contribution in [3.63, 3.8) is 0 Å². The Bertz CT molecular complexity index is 1080. The Kier molecular flexibility index (Phi) is 7.02. The van der Waals surface area contributed by atoms with E-state index in [0.29, 0.717) is 11.5 Å². The molecule has 6 nitrogen and oxygen atoms in total. The Morgan fingerprint density at radius 3 is 2.27 bits per heavy atom. The van der Waals surface area contributed by atoms with Gasteiger partial charge in [-0.25, -0.2) is 21.6 Å². The maximum atomic E-state index is 13.1. The lowest BCUT2D eigenvalue weighted by molar-refractivity contribution is 0.139. The van der Waals surface area contributed by atoms with Crippen molar-refractivity contribution in [1.82, 2.24) is 9.62 Å². The molecule has 1 aliphatic heterocycles. The minimum Gasteiger partial charge on any atom is -0.295 e. The normalized spacial score (nSPS) is 17.7. The number of nitrogens with zero attached hydrogens (tertiary/aromatic N) is 1. The van der Waals surface area contributed by atoms with Crippen molar-refractivity contribution >= 4 is 19.9 Å². The number of nitrogens with one attached hydrogen (secondary N) is 1. The van der Waals surface area contributed by atoms with Gasteiger partial charge in [0.2, 0.25) is 10.0 Å². The second-order valence-electron chi connectivity index (χ2n) is 8.20. The molecule has 1 N–H and O–H groups in total. The molecule has 1 heterocycles. The second kappa shape index (κ2) is 9.18. The van der Waals surface area contributed by atoms with E-state index >= 15 is 0 Å². The summed E-state index contributed by atoms with van der Waals surface area (Å²) in [6.07, 6.45) is 3.25. The molecule has 0 aliphatic carbocycles. The fourth-order valence-corrected chi connectivity index (χ4v) is 5.87. The Morgan fingerprint density at radius 1 is 1.03 bits per heavy atom. The van der Waals surface area contributed by atoms with Gasteiger partial charge >= 0.3 is 0 Å². The average Bonchev–Trinajstić information content (AvgIpc) is 2.69. The van der Waals surface area contributed by atoms with Crippen LogP contribution in [0.25, 0.3) is 0 Å². The lowest BCUT2D eigenvalue weighted by Crippen LogP contribution is -2.42. The SMILES string of the molecule is Cc1ccc(S(C)(=O)=O)cc1S(=O)(=O)NCC(c1ccccc1)N1CCC(C)CC1. The Hall–Kier alpha value is -1.74. The molecule has 0 radical (unpaired) electrons. The van der Waals surface area contributed by atoms with Crippen LogP contribution in [0.5, 0.6) is 0 Å². The van der Waals surface area contributed by atoms with Crippen LogP contribution in [0.15, 0.2) is 58.3 Å². The highest BCUT2D eigenvalue weighted by Crippen LogP contribution is 2.27. The van der Waals surface area contributed by atoms with Crippen LogP contribution in [0, 0.1) is 12.8 Å². The fraction of sp³-hybridized carbons (Fsp3) is 0.455. The molecule has 1 saturated heterocycles. The smallest absolute Gasteiger partial charge is 0.240 e. The van der Waals surface area contributed by atoms with Crippen molar-refractivity contribution < 1.29 is 16.8 Å². The minimum atomic E-state index is -3.87. The highest BCUT2D eigenvalue weighted by Gasteiger charge is 2.27. The first-order chi connectivity index (χ1) is 14.1. The Morgan fingerprint density at radius 2 is 1.67 bits per heavy atom. The van der Waals surface area contributed by atoms with Gasteiger partial charge in [-0.15, -0.1) is 0 Å². The summed E-state index contributed by atoms with van der Waals surface area (Å²) in [6.45, 7) is 5.98. The topological polar surface area (TPSA) is 83.5 Å². The zero-order chi connectivity index (χ0) is 21.9. The molecule has 8 heteroatoms. The first-order valence-corrected chi connectivity index (χ1v) is 13.5. The third-order valence-corrected chi connectivity index (χ3v) is 8.46. The molecule has 0 saturated carbocycles. The number of benzene rings is 2. The van der Waals surface area contributed by atoms with Crippen molar-refractivity contribution in [3.05, 3.63) is 59.7 Å². The number of sulfone groups is 1. The summed E-state index contributed by atoms with van der Waals surface area (Å²) >= 11 is 0. The average molecular weight is 451 g/mol. The van der Waals surface area contributed by atoms with E-state index in [2.05, 4.69) is 16.5 Å². The fourth-order valence-electron chi connectivity index (χ4n) is 3.84. The molecule has 0 amide bonds. The molecular formula is C22H30N2O4S2. The van der Waals surface area contributed by atoms with Crippen LogP contribution in [0.4, 0.5) is 0 Å². The number of aryl methyl sites for hydroxylation is 1. The van der Waals surface area contributed by atoms with Gasteiger partial charge in [-0.1, -0.05) is 43.3 Å². The molecule has 1 fully saturated rings. The summed E-state index contributed by atoms with van der Waals surface area (Å²) in [5.41, 5.74) is 1.58. The number of rotatable bonds is 7. The van der Waals surface area contributed by atoms with E-state index in [1.165, 1.54) is 18.2 Å². The molecule has 30 heavy (non-hydrogen) atoms. The highest BCUT2D eigenvalue weighted by molar-refractivity contribution is 7.91. The first kappa shape index (κ1) is 22.9. The standard InChI is InChI=1S/C22H30N2O4S2/c1-17-11-13-24(14-12-17)21(19-7-5-4-6-8-19)16-23-30(27,28)22-15-20(29(3,25)26)10-9-18(22)2/h4-10,15,17,21,23H,11-14,16H2,1-3H3. The molecule has 1 aliphatic rings. The summed E-state index contributed by atoms with van der Waals surface area (Å²) in [7, 11) is -7.37. The first-order valence-electron chi connectivity index (χ1n) is 10.2. The monoisotopic (exact) mass is 450 g/mol. The summed E-state index contributed by atoms with van der Waals surface area (Å²) in [5.74, 6) is 0.677. The number of likely N-dealkylation sites (tertiary alicyclic amines) is 1. The van der Waals surface area contributed by atoms with Crippen LogP contribution in [0.1, 0.15) is 36.9 Å². The maximum absolute atomic E-state index is 13.1. The zero-order valence-electron chi connectivity index (χ0n) is 17.7. The maximum Gasteiger partial charge on any atom is 0.240 e. The van der Waals surface area contributed by atoms with Crippen LogP contribution in [0.3, 0.4) is 0 Å². The summed E-state index contributed by atoms with van der Waals surface area (Å²) < 4.78 is 52.7. The van der Waals surface area contributed by atoms with E-state index in [4.69, 9.17) is 0 Å². The lowest BCUT2D eigenvalue weighted by Gasteiger charge is -2.37. The predicted molar refractivity (Wildman–Crippen MR) is 119 cm³/mol. The van der Waals surface area contributed by atoms with Crippen LogP contribution < -0.4 is 4.72 Å². The van der Waals surface area contributed by atoms with Crippen LogP contribution in [-0.4, -0.2) is 47.6 Å². The molecule has 2 aromatic carbocycles. The van der Waals surface area contributed by atoms with Gasteiger partial charge in [0.25, 0.3) is 0 Å². The lowest BCUT2D eigenvalue weighted by atomic mass is 9.96. The van der Waals surface area contributed by atoms with E-state index in [-0.39, 0.29) is 22.4 Å². The van der Waals surface area contributed by atoms with Gasteiger partial charge in [0.15, 0.2) is 9.84 Å². The molecule has 0 spiro atoms. The van der Waals surface area contributed by atoms with Crippen LogP contribution >= 0.6 is 0 Å². The van der Waals surface area contributed by atoms with Gasteiger partial charge < -0.3 is 0 Å². The summed E-state index contributed by atoms with van der Waals surface area (Å²) in [4.78, 5) is 2.33. The van der Waals surface area contributed by atoms with Gasteiger partial charge in [-0.2, -0.15) is 0 Å². The second-order valence-corrected chi connectivity index (χ2v) is 11.9. The molecule has 0 aromatic heterocycles. The van der Waals surface area contributed by atoms with E-state index in [1.54, 1.807) is 6.92 Å². The molecule has 2 aromatic rings. The predicted octanol–water partition coefficient (Wildman–Crippen LogP) is 3.15. The van der Waals surface area contributed by atoms with Gasteiger partial charge in [0, 0.05) is 18.8 Å². The minimum absolute atomic E-state index is 0.00176. The molecule has 3 rings (SSSR count). The molecule has 1 unspecified atom stereocenters. The van der Waals surface area contributed by atoms with Crippen LogP contribution in [-0.2, 0) is 19.9 Å². The van der Waals surface area contributed by atoms with Gasteiger partial charge in [0.1, 0.15) is 0 Å². The van der Waals surface area contributed by atoms with E-state index in [0.717, 1.165) is 37.8 Å². The number of hydrogen-bond acceptors (Lipinski definition) is 5. The largest absolute Gasteiger partial charge is 0.295 e. The van der Waals surface area contributed by atoms with E-state index in [1.807, 2.05) is 30.3 Å². The van der Waals surface area contributed by atoms with Gasteiger partial charge in [-0.05, 0) is 62.0 Å². The third-order valence-electron chi connectivity index (χ3n) is 5.79. The molecule has 164 valence electrons. The highest BCUT2D eigenvalue weighted by atomic mass is 32.2. The number of piperidine rings is 1. The van der Waals surface area contributed by atoms with Crippen molar-refractivity contribution in [2.45, 2.75) is 42.5 Å². The van der Waals surface area contributed by atoms with Gasteiger partial charge in [-0.3, -0.25) is 4.90 Å².